The maximum Gasteiger partial charge on any atom is 0.257 e. The van der Waals surface area contributed by atoms with Crippen molar-refractivity contribution in [2.45, 2.75) is 70.8 Å². The van der Waals surface area contributed by atoms with Crippen LogP contribution >= 0.6 is 0 Å². The molecular formula is C24H32N6O2. The van der Waals surface area contributed by atoms with Gasteiger partial charge in [0, 0.05) is 44.0 Å². The molecule has 3 aliphatic rings. The number of hydrogen-bond acceptors (Lipinski definition) is 5. The van der Waals surface area contributed by atoms with Crippen LogP contribution in [0.3, 0.4) is 0 Å². The molecule has 0 aromatic carbocycles. The lowest BCUT2D eigenvalue weighted by Crippen LogP contribution is -2.41. The van der Waals surface area contributed by atoms with Gasteiger partial charge in [0.15, 0.2) is 5.82 Å². The Morgan fingerprint density at radius 3 is 2.66 bits per heavy atom. The first-order valence-electron chi connectivity index (χ1n) is 12.0. The molecule has 2 fully saturated rings. The van der Waals surface area contributed by atoms with Gasteiger partial charge in [-0.1, -0.05) is 19.3 Å². The van der Waals surface area contributed by atoms with Crippen molar-refractivity contribution in [2.24, 2.45) is 13.0 Å². The number of fused-ring (bicyclic) bond motifs is 1. The van der Waals surface area contributed by atoms with Gasteiger partial charge in [-0.15, -0.1) is 0 Å². The van der Waals surface area contributed by atoms with E-state index in [-0.39, 0.29) is 17.9 Å². The monoisotopic (exact) mass is 436 g/mol. The molecular weight excluding hydrogens is 404 g/mol. The summed E-state index contributed by atoms with van der Waals surface area (Å²) in [5.41, 5.74) is 2.61. The van der Waals surface area contributed by atoms with E-state index in [1.54, 1.807) is 17.1 Å². The highest BCUT2D eigenvalue weighted by molar-refractivity contribution is 5.96. The minimum atomic E-state index is -0.166. The molecule has 2 aromatic heterocycles. The molecule has 0 unspecified atom stereocenters. The van der Waals surface area contributed by atoms with Crippen molar-refractivity contribution in [1.29, 1.82) is 0 Å². The van der Waals surface area contributed by atoms with E-state index in [1.165, 1.54) is 32.1 Å². The maximum absolute atomic E-state index is 13.1. The molecule has 0 radical (unpaired) electrons. The summed E-state index contributed by atoms with van der Waals surface area (Å²) in [7, 11) is 1.81. The lowest BCUT2D eigenvalue weighted by molar-refractivity contribution is -0.119. The smallest absolute Gasteiger partial charge is 0.257 e. The predicted molar refractivity (Wildman–Crippen MR) is 120 cm³/mol. The average molecular weight is 437 g/mol. The first-order chi connectivity index (χ1) is 15.5. The second-order valence-electron chi connectivity index (χ2n) is 9.54. The fourth-order valence-corrected chi connectivity index (χ4v) is 5.54. The number of aryl methyl sites for hydroxylation is 2. The molecule has 0 bridgehead atoms. The fourth-order valence-electron chi connectivity index (χ4n) is 5.54. The van der Waals surface area contributed by atoms with Crippen LogP contribution in [0.1, 0.15) is 84.8 Å². The quantitative estimate of drug-likeness (QED) is 0.734. The molecule has 8 nitrogen and oxygen atoms in total. The second-order valence-corrected chi connectivity index (χ2v) is 9.54. The van der Waals surface area contributed by atoms with E-state index in [1.807, 2.05) is 23.8 Å². The van der Waals surface area contributed by atoms with E-state index >= 15 is 0 Å². The van der Waals surface area contributed by atoms with Crippen LogP contribution in [0.15, 0.2) is 12.4 Å². The summed E-state index contributed by atoms with van der Waals surface area (Å²) in [6.07, 6.45) is 12.5. The Balaban J connectivity index is 1.45. The van der Waals surface area contributed by atoms with Crippen molar-refractivity contribution < 1.29 is 9.59 Å². The third kappa shape index (κ3) is 3.91. The zero-order valence-corrected chi connectivity index (χ0v) is 19.1. The van der Waals surface area contributed by atoms with E-state index in [0.717, 1.165) is 36.5 Å². The van der Waals surface area contributed by atoms with Crippen molar-refractivity contribution in [2.75, 3.05) is 18.0 Å². The van der Waals surface area contributed by atoms with Crippen LogP contribution in [0.2, 0.25) is 0 Å². The van der Waals surface area contributed by atoms with Crippen molar-refractivity contribution >= 4 is 17.6 Å². The van der Waals surface area contributed by atoms with Crippen LogP contribution in [0.5, 0.6) is 0 Å². The maximum atomic E-state index is 13.1. The summed E-state index contributed by atoms with van der Waals surface area (Å²) in [5, 5.41) is 4.15. The van der Waals surface area contributed by atoms with Crippen LogP contribution in [0, 0.1) is 12.8 Å². The van der Waals surface area contributed by atoms with Gasteiger partial charge in [0.2, 0.25) is 5.91 Å². The van der Waals surface area contributed by atoms with Crippen LogP contribution in [-0.4, -0.2) is 49.6 Å². The molecule has 8 heteroatoms. The van der Waals surface area contributed by atoms with Crippen molar-refractivity contribution in [3.63, 3.8) is 0 Å². The molecule has 0 N–H and O–H groups in total. The highest BCUT2D eigenvalue weighted by atomic mass is 16.2. The SMILES string of the molecule is Cc1nc([C@@H]2CCCN2C(=O)c2cnn(C)c2)nc2c1CCC(=O)N2CC1CCCCC1. The zero-order chi connectivity index (χ0) is 22.2. The Morgan fingerprint density at radius 1 is 1.09 bits per heavy atom. The third-order valence-corrected chi connectivity index (χ3v) is 7.28. The van der Waals surface area contributed by atoms with Crippen LogP contribution < -0.4 is 4.90 Å². The highest BCUT2D eigenvalue weighted by Crippen LogP contribution is 2.36. The Kier molecular flexibility index (Phi) is 5.69. The van der Waals surface area contributed by atoms with Crippen LogP contribution in [-0.2, 0) is 18.3 Å². The van der Waals surface area contributed by atoms with E-state index < -0.39 is 0 Å². The molecule has 0 spiro atoms. The van der Waals surface area contributed by atoms with Gasteiger partial charge < -0.3 is 4.90 Å². The second kappa shape index (κ2) is 8.64. The Bertz CT molecular complexity index is 1030. The van der Waals surface area contributed by atoms with Gasteiger partial charge >= 0.3 is 0 Å². The summed E-state index contributed by atoms with van der Waals surface area (Å²) in [6, 6.07) is -0.166. The first-order valence-corrected chi connectivity index (χ1v) is 12.0. The summed E-state index contributed by atoms with van der Waals surface area (Å²) in [4.78, 5) is 39.7. The minimum Gasteiger partial charge on any atom is -0.328 e. The Hall–Kier alpha value is -2.77. The summed E-state index contributed by atoms with van der Waals surface area (Å²) >= 11 is 0. The Labute approximate surface area is 189 Å². The molecule has 1 saturated heterocycles. The van der Waals surface area contributed by atoms with Gasteiger partial charge in [-0.2, -0.15) is 5.10 Å². The number of anilines is 1. The molecule has 1 saturated carbocycles. The highest BCUT2D eigenvalue weighted by Gasteiger charge is 2.36. The summed E-state index contributed by atoms with van der Waals surface area (Å²) < 4.78 is 1.65. The number of nitrogens with zero attached hydrogens (tertiary/aromatic N) is 6. The molecule has 170 valence electrons. The van der Waals surface area contributed by atoms with Crippen LogP contribution in [0.25, 0.3) is 0 Å². The van der Waals surface area contributed by atoms with E-state index in [0.29, 0.717) is 36.7 Å². The van der Waals surface area contributed by atoms with Gasteiger partial charge in [-0.05, 0) is 44.9 Å². The number of likely N-dealkylation sites (tertiary alicyclic amines) is 1. The van der Waals surface area contributed by atoms with Crippen molar-refractivity contribution in [1.82, 2.24) is 24.6 Å². The van der Waals surface area contributed by atoms with E-state index in [2.05, 4.69) is 5.10 Å². The molecule has 1 atom stereocenters. The molecule has 2 aliphatic heterocycles. The molecule has 32 heavy (non-hydrogen) atoms. The van der Waals surface area contributed by atoms with Gasteiger partial charge in [0.1, 0.15) is 5.82 Å². The third-order valence-electron chi connectivity index (χ3n) is 7.28. The minimum absolute atomic E-state index is 0.0327. The number of aromatic nitrogens is 4. The first kappa shape index (κ1) is 21.1. The van der Waals surface area contributed by atoms with Crippen molar-refractivity contribution in [3.05, 3.63) is 35.0 Å². The lowest BCUT2D eigenvalue weighted by atomic mass is 9.88. The lowest BCUT2D eigenvalue weighted by Gasteiger charge is -2.34. The summed E-state index contributed by atoms with van der Waals surface area (Å²) in [5.74, 6) is 2.14. The molecule has 2 amide bonds. The molecule has 2 aromatic rings. The zero-order valence-electron chi connectivity index (χ0n) is 19.1. The van der Waals surface area contributed by atoms with Gasteiger partial charge in [-0.25, -0.2) is 9.97 Å². The largest absolute Gasteiger partial charge is 0.328 e. The predicted octanol–water partition coefficient (Wildman–Crippen LogP) is 3.36. The van der Waals surface area contributed by atoms with E-state index in [4.69, 9.17) is 9.97 Å². The Morgan fingerprint density at radius 2 is 1.91 bits per heavy atom. The van der Waals surface area contributed by atoms with Gasteiger partial charge in [0.25, 0.3) is 5.91 Å². The number of carbonyl (C=O) groups excluding carboxylic acids is 2. The van der Waals surface area contributed by atoms with Gasteiger partial charge in [-0.3, -0.25) is 19.2 Å². The molecule has 5 rings (SSSR count). The number of hydrogen-bond donors (Lipinski definition) is 0. The summed E-state index contributed by atoms with van der Waals surface area (Å²) in [6.45, 7) is 3.45. The van der Waals surface area contributed by atoms with Crippen molar-refractivity contribution in [3.8, 4) is 0 Å². The topological polar surface area (TPSA) is 84.2 Å². The fraction of sp³-hybridized carbons (Fsp3) is 0.625. The average Bonchev–Trinajstić information content (AvgIpc) is 3.45. The molecule has 4 heterocycles. The standard InChI is InChI=1S/C24H32N6O2/c1-16-19-10-11-21(31)30(14-17-7-4-3-5-8-17)23(19)27-22(26-16)20-9-6-12-29(20)24(32)18-13-25-28(2)15-18/h13,15,17,20H,3-12,14H2,1-2H3/t20-/m0/s1. The normalized spacial score (nSPS) is 21.8. The van der Waals surface area contributed by atoms with Gasteiger partial charge in [0.05, 0.1) is 17.8 Å². The number of amides is 2. The number of carbonyl (C=O) groups is 2. The van der Waals surface area contributed by atoms with E-state index in [9.17, 15) is 9.59 Å². The number of rotatable bonds is 4. The molecule has 1 aliphatic carbocycles. The van der Waals surface area contributed by atoms with Crippen LogP contribution in [0.4, 0.5) is 5.82 Å².